The van der Waals surface area contributed by atoms with Gasteiger partial charge in [0, 0.05) is 57.0 Å². The number of hydrogen-bond acceptors (Lipinski definition) is 5. The van der Waals surface area contributed by atoms with Gasteiger partial charge in [-0.15, -0.1) is 0 Å². The van der Waals surface area contributed by atoms with Crippen molar-refractivity contribution in [2.45, 2.75) is 32.7 Å². The van der Waals surface area contributed by atoms with Gasteiger partial charge in [-0.05, 0) is 25.0 Å². The lowest BCUT2D eigenvalue weighted by molar-refractivity contribution is -0.118. The molecule has 4 heterocycles. The highest BCUT2D eigenvalue weighted by molar-refractivity contribution is 5.96. The molecule has 0 N–H and O–H groups in total. The van der Waals surface area contributed by atoms with E-state index in [2.05, 4.69) is 38.7 Å². The Morgan fingerprint density at radius 1 is 1.04 bits per heavy atom. The topological polar surface area (TPSA) is 81.7 Å². The summed E-state index contributed by atoms with van der Waals surface area (Å²) in [5.41, 5.74) is 6.83. The van der Waals surface area contributed by atoms with E-state index in [0.29, 0.717) is 18.8 Å². The molecule has 8 nitrogen and oxygen atoms in total. The van der Waals surface area contributed by atoms with E-state index in [0.717, 1.165) is 52.2 Å². The zero-order valence-corrected chi connectivity index (χ0v) is 16.2. The van der Waals surface area contributed by atoms with Gasteiger partial charge >= 0.3 is 0 Å². The van der Waals surface area contributed by atoms with Crippen LogP contribution in [0.25, 0.3) is 16.8 Å². The zero-order valence-electron chi connectivity index (χ0n) is 16.2. The van der Waals surface area contributed by atoms with Crippen molar-refractivity contribution < 1.29 is 4.79 Å². The predicted molar refractivity (Wildman–Crippen MR) is 105 cm³/mol. The van der Waals surface area contributed by atoms with E-state index >= 15 is 0 Å². The van der Waals surface area contributed by atoms with Gasteiger partial charge in [0.25, 0.3) is 0 Å². The number of anilines is 1. The summed E-state index contributed by atoms with van der Waals surface area (Å²) >= 11 is 0. The third-order valence-electron chi connectivity index (χ3n) is 5.45. The normalized spacial score (nSPS) is 16.0. The monoisotopic (exact) mass is 375 g/mol. The zero-order chi connectivity index (χ0) is 19.4. The largest absolute Gasteiger partial charge is 0.298 e. The summed E-state index contributed by atoms with van der Waals surface area (Å²) in [5.74, 6) is 0.632. The Kier molecular flexibility index (Phi) is 3.68. The summed E-state index contributed by atoms with van der Waals surface area (Å²) < 4.78 is 3.65. The highest BCUT2D eigenvalue weighted by atomic mass is 16.2. The van der Waals surface area contributed by atoms with Crippen LogP contribution in [0.3, 0.4) is 0 Å². The molecule has 0 saturated heterocycles. The van der Waals surface area contributed by atoms with Crippen LogP contribution in [0.1, 0.15) is 35.4 Å². The molecule has 0 saturated carbocycles. The van der Waals surface area contributed by atoms with E-state index < -0.39 is 0 Å². The second-order valence-corrected chi connectivity index (χ2v) is 7.40. The van der Waals surface area contributed by atoms with E-state index in [9.17, 15) is 4.79 Å². The van der Waals surface area contributed by atoms with Gasteiger partial charge in [-0.2, -0.15) is 20.4 Å². The van der Waals surface area contributed by atoms with Crippen molar-refractivity contribution in [2.75, 3.05) is 11.9 Å². The first-order chi connectivity index (χ1) is 13.5. The van der Waals surface area contributed by atoms with Gasteiger partial charge in [-0.1, -0.05) is 6.08 Å². The number of hydrogen-bond donors (Lipinski definition) is 0. The number of aryl methyl sites for hydroxylation is 3. The van der Waals surface area contributed by atoms with Crippen LogP contribution in [-0.4, -0.2) is 42.7 Å². The first-order valence-corrected chi connectivity index (χ1v) is 9.43. The Morgan fingerprint density at radius 2 is 1.89 bits per heavy atom. The molecule has 1 amide bonds. The molecule has 3 aromatic rings. The molecular formula is C20H21N7O. The molecular weight excluding hydrogens is 354 g/mol. The average molecular weight is 375 g/mol. The molecule has 0 fully saturated rings. The van der Waals surface area contributed by atoms with Crippen LogP contribution in [-0.2, 0) is 24.8 Å². The summed E-state index contributed by atoms with van der Waals surface area (Å²) in [4.78, 5) is 14.3. The summed E-state index contributed by atoms with van der Waals surface area (Å²) in [6.45, 7) is 2.73. The molecule has 3 aromatic heterocycles. The number of allylic oxidation sites excluding steroid dienone is 1. The van der Waals surface area contributed by atoms with Gasteiger partial charge in [-0.3, -0.25) is 19.1 Å². The molecule has 1 aliphatic carbocycles. The fourth-order valence-corrected chi connectivity index (χ4v) is 3.98. The minimum atomic E-state index is 0.0239. The van der Waals surface area contributed by atoms with Crippen LogP contribution in [0.2, 0.25) is 0 Å². The molecule has 5 rings (SSSR count). The molecule has 0 spiro atoms. The Balaban J connectivity index is 1.72. The molecule has 0 radical (unpaired) electrons. The SMILES string of the molecule is Cc1nn2cc1C1=CCc3nnc(cc31)-c1cn(C)nc1N(C)C(=O)CCC2. The van der Waals surface area contributed by atoms with E-state index in [1.807, 2.05) is 24.9 Å². The molecule has 0 aromatic carbocycles. The van der Waals surface area contributed by atoms with E-state index in [-0.39, 0.29) is 5.91 Å². The lowest BCUT2D eigenvalue weighted by Crippen LogP contribution is -2.27. The van der Waals surface area contributed by atoms with Gasteiger partial charge in [0.2, 0.25) is 5.91 Å². The quantitative estimate of drug-likeness (QED) is 0.601. The van der Waals surface area contributed by atoms with Crippen LogP contribution in [0, 0.1) is 6.92 Å². The molecule has 4 bridgehead atoms. The summed E-state index contributed by atoms with van der Waals surface area (Å²) in [7, 11) is 3.62. The van der Waals surface area contributed by atoms with E-state index in [4.69, 9.17) is 0 Å². The Labute approximate surface area is 162 Å². The highest BCUT2D eigenvalue weighted by Crippen LogP contribution is 2.36. The molecule has 2 aliphatic rings. The summed E-state index contributed by atoms with van der Waals surface area (Å²) in [6, 6.07) is 2.06. The number of amides is 1. The van der Waals surface area contributed by atoms with Gasteiger partial charge in [-0.25, -0.2) is 0 Å². The van der Waals surface area contributed by atoms with E-state index in [1.165, 1.54) is 0 Å². The van der Waals surface area contributed by atoms with Crippen LogP contribution in [0.5, 0.6) is 0 Å². The minimum Gasteiger partial charge on any atom is -0.298 e. The molecule has 0 atom stereocenters. The van der Waals surface area contributed by atoms with Crippen LogP contribution in [0.4, 0.5) is 5.82 Å². The first-order valence-electron chi connectivity index (χ1n) is 9.43. The molecule has 8 heteroatoms. The lowest BCUT2D eigenvalue weighted by atomic mass is 10.0. The fourth-order valence-electron chi connectivity index (χ4n) is 3.98. The molecule has 142 valence electrons. The van der Waals surface area contributed by atoms with E-state index in [1.54, 1.807) is 16.6 Å². The maximum absolute atomic E-state index is 12.7. The van der Waals surface area contributed by atoms with Gasteiger partial charge < -0.3 is 0 Å². The van der Waals surface area contributed by atoms with Gasteiger partial charge in [0.15, 0.2) is 5.82 Å². The van der Waals surface area contributed by atoms with Crippen molar-refractivity contribution in [2.24, 2.45) is 7.05 Å². The standard InChI is InChI=1S/C20H21N7O/c1-12-15-11-27(23-12)8-4-5-19(28)26(3)20-16(10-25(2)24-20)18-9-14-13(15)6-7-17(14)21-22-18/h6,9-11H,4-5,7-8H2,1-3H3. The second-order valence-electron chi connectivity index (χ2n) is 7.40. The van der Waals surface area contributed by atoms with Crippen molar-refractivity contribution in [3.05, 3.63) is 47.1 Å². The number of nitrogens with zero attached hydrogens (tertiary/aromatic N) is 7. The van der Waals surface area contributed by atoms with Gasteiger partial charge in [0.05, 0.1) is 22.6 Å². The number of rotatable bonds is 0. The van der Waals surface area contributed by atoms with Crippen molar-refractivity contribution >= 4 is 17.3 Å². The Morgan fingerprint density at radius 3 is 2.75 bits per heavy atom. The number of carbonyl (C=O) groups is 1. The minimum absolute atomic E-state index is 0.0239. The van der Waals surface area contributed by atoms with Crippen molar-refractivity contribution in [1.82, 2.24) is 29.8 Å². The Hall–Kier alpha value is -3.29. The number of carbonyl (C=O) groups excluding carboxylic acids is 1. The van der Waals surface area contributed by atoms with Gasteiger partial charge in [0.1, 0.15) is 0 Å². The first kappa shape index (κ1) is 16.9. The fraction of sp³-hybridized carbons (Fsp3) is 0.350. The van der Waals surface area contributed by atoms with Crippen molar-refractivity contribution in [1.29, 1.82) is 0 Å². The average Bonchev–Trinajstić information content (AvgIpc) is 3.36. The molecule has 1 aliphatic heterocycles. The highest BCUT2D eigenvalue weighted by Gasteiger charge is 2.25. The third kappa shape index (κ3) is 2.56. The van der Waals surface area contributed by atoms with Crippen LogP contribution in [0.15, 0.2) is 24.5 Å². The number of fused-ring (bicyclic) bond motifs is 6. The summed E-state index contributed by atoms with van der Waals surface area (Å²) in [6.07, 6.45) is 8.08. The van der Waals surface area contributed by atoms with Crippen molar-refractivity contribution in [3.63, 3.8) is 0 Å². The summed E-state index contributed by atoms with van der Waals surface area (Å²) in [5, 5.41) is 18.1. The Bertz CT molecular complexity index is 1140. The maximum Gasteiger partial charge on any atom is 0.228 e. The van der Waals surface area contributed by atoms with Crippen LogP contribution >= 0.6 is 0 Å². The maximum atomic E-state index is 12.7. The lowest BCUT2D eigenvalue weighted by Gasteiger charge is -2.16. The third-order valence-corrected chi connectivity index (χ3v) is 5.45. The molecule has 0 unspecified atom stereocenters. The van der Waals surface area contributed by atoms with Crippen LogP contribution < -0.4 is 4.90 Å². The number of aromatic nitrogens is 6. The smallest absolute Gasteiger partial charge is 0.228 e. The van der Waals surface area contributed by atoms with Crippen molar-refractivity contribution in [3.8, 4) is 11.3 Å². The second kappa shape index (κ2) is 6.12. The predicted octanol–water partition coefficient (Wildman–Crippen LogP) is 2.13. The molecule has 28 heavy (non-hydrogen) atoms.